The number of carbonyl (C=O) groups is 1. The maximum Gasteiger partial charge on any atom is 0.296 e. The van der Waals surface area contributed by atoms with E-state index in [4.69, 9.17) is 5.73 Å². The van der Waals surface area contributed by atoms with E-state index in [1.165, 1.54) is 0 Å². The minimum absolute atomic E-state index is 0. The summed E-state index contributed by atoms with van der Waals surface area (Å²) >= 11 is 0. The van der Waals surface area contributed by atoms with E-state index in [1.54, 1.807) is 6.07 Å². The fourth-order valence-electron chi connectivity index (χ4n) is 1.69. The van der Waals surface area contributed by atoms with E-state index in [2.05, 4.69) is 15.3 Å². The molecule has 0 aliphatic carbocycles. The van der Waals surface area contributed by atoms with Crippen molar-refractivity contribution in [3.63, 3.8) is 0 Å². The predicted octanol–water partition coefficient (Wildman–Crippen LogP) is 2.04. The SMILES string of the molecule is CC(C)NC(N)=NC(=O)c1cc2ccccc2[nH]1.Cl. The Labute approximate surface area is 117 Å². The summed E-state index contributed by atoms with van der Waals surface area (Å²) in [6.07, 6.45) is 0. The Morgan fingerprint density at radius 1 is 1.37 bits per heavy atom. The van der Waals surface area contributed by atoms with Crippen molar-refractivity contribution in [3.8, 4) is 0 Å². The zero-order chi connectivity index (χ0) is 13.1. The average Bonchev–Trinajstić information content (AvgIpc) is 2.71. The van der Waals surface area contributed by atoms with Crippen LogP contribution in [0.1, 0.15) is 24.3 Å². The lowest BCUT2D eigenvalue weighted by Gasteiger charge is -2.07. The smallest absolute Gasteiger partial charge is 0.296 e. The van der Waals surface area contributed by atoms with Crippen LogP contribution in [0.5, 0.6) is 0 Å². The lowest BCUT2D eigenvalue weighted by atomic mass is 10.2. The molecule has 0 saturated carbocycles. The zero-order valence-corrected chi connectivity index (χ0v) is 11.6. The molecule has 1 amide bonds. The van der Waals surface area contributed by atoms with Crippen LogP contribution < -0.4 is 11.1 Å². The van der Waals surface area contributed by atoms with Gasteiger partial charge in [0, 0.05) is 16.9 Å². The van der Waals surface area contributed by atoms with Crippen LogP contribution in [-0.2, 0) is 0 Å². The van der Waals surface area contributed by atoms with Gasteiger partial charge >= 0.3 is 0 Å². The predicted molar refractivity (Wildman–Crippen MR) is 79.8 cm³/mol. The van der Waals surface area contributed by atoms with Crippen LogP contribution in [0.25, 0.3) is 10.9 Å². The summed E-state index contributed by atoms with van der Waals surface area (Å²) in [5, 5.41) is 3.85. The third-order valence-electron chi connectivity index (χ3n) is 2.42. The van der Waals surface area contributed by atoms with Crippen molar-refractivity contribution in [2.24, 2.45) is 10.7 Å². The van der Waals surface area contributed by atoms with Crippen LogP contribution in [0, 0.1) is 0 Å². The molecule has 0 spiro atoms. The van der Waals surface area contributed by atoms with E-state index in [0.29, 0.717) is 5.69 Å². The summed E-state index contributed by atoms with van der Waals surface area (Å²) in [6, 6.07) is 9.58. The summed E-state index contributed by atoms with van der Waals surface area (Å²) < 4.78 is 0. The fourth-order valence-corrected chi connectivity index (χ4v) is 1.69. The van der Waals surface area contributed by atoms with Gasteiger partial charge in [0.15, 0.2) is 5.96 Å². The molecule has 0 aliphatic rings. The van der Waals surface area contributed by atoms with Crippen molar-refractivity contribution in [1.29, 1.82) is 0 Å². The summed E-state index contributed by atoms with van der Waals surface area (Å²) in [6.45, 7) is 3.85. The van der Waals surface area contributed by atoms with Crippen molar-refractivity contribution < 1.29 is 4.79 Å². The first kappa shape index (κ1) is 15.0. The van der Waals surface area contributed by atoms with Gasteiger partial charge in [0.1, 0.15) is 5.69 Å². The third kappa shape index (κ3) is 3.72. The number of nitrogens with one attached hydrogen (secondary N) is 2. The number of para-hydroxylation sites is 1. The zero-order valence-electron chi connectivity index (χ0n) is 10.8. The minimum atomic E-state index is -0.378. The number of nitrogens with two attached hydrogens (primary N) is 1. The quantitative estimate of drug-likeness (QED) is 0.581. The second kappa shape index (κ2) is 6.24. The fraction of sp³-hybridized carbons (Fsp3) is 0.231. The van der Waals surface area contributed by atoms with Gasteiger partial charge in [-0.2, -0.15) is 4.99 Å². The van der Waals surface area contributed by atoms with Crippen molar-refractivity contribution in [2.45, 2.75) is 19.9 Å². The second-order valence-electron chi connectivity index (χ2n) is 4.37. The van der Waals surface area contributed by atoms with E-state index < -0.39 is 0 Å². The van der Waals surface area contributed by atoms with Crippen LogP contribution in [-0.4, -0.2) is 22.9 Å². The van der Waals surface area contributed by atoms with Gasteiger partial charge in [-0.05, 0) is 26.0 Å². The molecule has 2 rings (SSSR count). The molecule has 4 N–H and O–H groups in total. The molecule has 19 heavy (non-hydrogen) atoms. The first-order valence-electron chi connectivity index (χ1n) is 5.79. The van der Waals surface area contributed by atoms with E-state index in [9.17, 15) is 4.79 Å². The molecule has 1 aromatic heterocycles. The molecule has 1 aromatic carbocycles. The number of nitrogens with zero attached hydrogens (tertiary/aromatic N) is 1. The monoisotopic (exact) mass is 280 g/mol. The molecule has 1 heterocycles. The topological polar surface area (TPSA) is 83.3 Å². The van der Waals surface area contributed by atoms with Gasteiger partial charge in [-0.25, -0.2) is 0 Å². The highest BCUT2D eigenvalue weighted by molar-refractivity contribution is 6.03. The summed E-state index contributed by atoms with van der Waals surface area (Å²) in [5.41, 5.74) is 6.95. The van der Waals surface area contributed by atoms with Gasteiger partial charge in [-0.1, -0.05) is 18.2 Å². The maximum atomic E-state index is 11.9. The number of hydrogen-bond acceptors (Lipinski definition) is 1. The number of benzene rings is 1. The number of aromatic nitrogens is 1. The van der Waals surface area contributed by atoms with E-state index in [1.807, 2.05) is 38.1 Å². The molecule has 5 nitrogen and oxygen atoms in total. The number of halogens is 1. The van der Waals surface area contributed by atoms with Crippen LogP contribution in [0.15, 0.2) is 35.3 Å². The van der Waals surface area contributed by atoms with Crippen LogP contribution in [0.3, 0.4) is 0 Å². The molecular weight excluding hydrogens is 264 g/mol. The van der Waals surface area contributed by atoms with Gasteiger partial charge in [0.05, 0.1) is 0 Å². The standard InChI is InChI=1S/C13H16N4O.ClH/c1-8(2)15-13(14)17-12(18)11-7-9-5-3-4-6-10(9)16-11;/h3-8,16H,1-2H3,(H3,14,15,17,18);1H. The van der Waals surface area contributed by atoms with Crippen molar-refractivity contribution in [3.05, 3.63) is 36.0 Å². The molecular formula is C13H17ClN4O. The molecule has 0 radical (unpaired) electrons. The summed E-state index contributed by atoms with van der Waals surface area (Å²) in [5.74, 6) is -0.245. The van der Waals surface area contributed by atoms with Crippen LogP contribution >= 0.6 is 12.4 Å². The Morgan fingerprint density at radius 2 is 2.05 bits per heavy atom. The first-order valence-corrected chi connectivity index (χ1v) is 5.79. The maximum absolute atomic E-state index is 11.9. The average molecular weight is 281 g/mol. The van der Waals surface area contributed by atoms with E-state index in [0.717, 1.165) is 10.9 Å². The van der Waals surface area contributed by atoms with Gasteiger partial charge in [0.25, 0.3) is 5.91 Å². The largest absolute Gasteiger partial charge is 0.370 e. The summed E-state index contributed by atoms with van der Waals surface area (Å²) in [4.78, 5) is 18.7. The highest BCUT2D eigenvalue weighted by atomic mass is 35.5. The number of carbonyl (C=O) groups excluding carboxylic acids is 1. The Balaban J connectivity index is 0.00000180. The van der Waals surface area contributed by atoms with Crippen molar-refractivity contribution >= 4 is 35.2 Å². The van der Waals surface area contributed by atoms with Gasteiger partial charge in [-0.15, -0.1) is 12.4 Å². The molecule has 0 aliphatic heterocycles. The third-order valence-corrected chi connectivity index (χ3v) is 2.42. The molecule has 0 fully saturated rings. The Kier molecular flexibility index (Phi) is 4.94. The Bertz CT molecular complexity index is 570. The molecule has 0 saturated heterocycles. The number of aliphatic imine (C=N–C) groups is 1. The van der Waals surface area contributed by atoms with Gasteiger partial charge in [0.2, 0.25) is 0 Å². The number of aromatic amines is 1. The van der Waals surface area contributed by atoms with Gasteiger partial charge < -0.3 is 16.0 Å². The molecule has 0 bridgehead atoms. The lowest BCUT2D eigenvalue weighted by Crippen LogP contribution is -2.37. The highest BCUT2D eigenvalue weighted by Crippen LogP contribution is 2.15. The van der Waals surface area contributed by atoms with Gasteiger partial charge in [-0.3, -0.25) is 4.79 Å². The number of rotatable bonds is 2. The normalized spacial score (nSPS) is 11.4. The molecule has 6 heteroatoms. The number of amides is 1. The van der Waals surface area contributed by atoms with Crippen molar-refractivity contribution in [1.82, 2.24) is 10.3 Å². The molecule has 2 aromatic rings. The van der Waals surface area contributed by atoms with Crippen LogP contribution in [0.2, 0.25) is 0 Å². The second-order valence-corrected chi connectivity index (χ2v) is 4.37. The lowest BCUT2D eigenvalue weighted by molar-refractivity contribution is 0.0998. The number of guanidine groups is 1. The number of hydrogen-bond donors (Lipinski definition) is 3. The molecule has 0 atom stereocenters. The summed E-state index contributed by atoms with van der Waals surface area (Å²) in [7, 11) is 0. The Morgan fingerprint density at radius 3 is 2.68 bits per heavy atom. The van der Waals surface area contributed by atoms with Crippen molar-refractivity contribution in [2.75, 3.05) is 0 Å². The van der Waals surface area contributed by atoms with E-state index >= 15 is 0 Å². The van der Waals surface area contributed by atoms with Crippen LogP contribution in [0.4, 0.5) is 0 Å². The van der Waals surface area contributed by atoms with E-state index in [-0.39, 0.29) is 30.3 Å². The molecule has 0 unspecified atom stereocenters. The number of H-pyrrole nitrogens is 1. The Hall–Kier alpha value is -2.01. The number of fused-ring (bicyclic) bond motifs is 1. The molecule has 102 valence electrons. The highest BCUT2D eigenvalue weighted by Gasteiger charge is 2.09. The first-order chi connectivity index (χ1) is 8.56. The minimum Gasteiger partial charge on any atom is -0.370 e.